The third-order valence-corrected chi connectivity index (χ3v) is 3.98. The Bertz CT molecular complexity index is 600. The predicted molar refractivity (Wildman–Crippen MR) is 80.2 cm³/mol. The first-order valence-corrected chi connectivity index (χ1v) is 7.21. The van der Waals surface area contributed by atoms with Crippen LogP contribution in [0.5, 0.6) is 0 Å². The van der Waals surface area contributed by atoms with E-state index in [2.05, 4.69) is 0 Å². The molecule has 1 aromatic carbocycles. The minimum atomic E-state index is -1.05. The first-order valence-electron chi connectivity index (χ1n) is 7.21. The normalized spacial score (nSPS) is 16.8. The van der Waals surface area contributed by atoms with E-state index in [0.717, 1.165) is 17.5 Å². The van der Waals surface area contributed by atoms with E-state index in [4.69, 9.17) is 5.11 Å². The number of rotatable bonds is 4. The monoisotopic (exact) mass is 304 g/mol. The number of hydrogen-bond acceptors (Lipinski definition) is 3. The van der Waals surface area contributed by atoms with Crippen LogP contribution in [0.4, 0.5) is 0 Å². The summed E-state index contributed by atoms with van der Waals surface area (Å²) in [6.45, 7) is 1.73. The molecule has 1 N–H and O–H groups in total. The van der Waals surface area contributed by atoms with E-state index in [1.807, 2.05) is 24.3 Å². The molecule has 0 aliphatic carbocycles. The van der Waals surface area contributed by atoms with Crippen LogP contribution in [0.25, 0.3) is 0 Å². The van der Waals surface area contributed by atoms with Gasteiger partial charge in [-0.2, -0.15) is 0 Å². The molecule has 1 aliphatic rings. The number of hydrogen-bond donors (Lipinski definition) is 1. The van der Waals surface area contributed by atoms with E-state index < -0.39 is 5.97 Å². The Balaban J connectivity index is 2.23. The van der Waals surface area contributed by atoms with Crippen molar-refractivity contribution in [1.29, 1.82) is 0 Å². The molecule has 6 heteroatoms. The zero-order valence-corrected chi connectivity index (χ0v) is 12.8. The van der Waals surface area contributed by atoms with Crippen molar-refractivity contribution in [3.05, 3.63) is 35.4 Å². The third-order valence-electron chi connectivity index (χ3n) is 3.98. The third kappa shape index (κ3) is 3.44. The molecular weight excluding hydrogens is 284 g/mol. The summed E-state index contributed by atoms with van der Waals surface area (Å²) in [7, 11) is 1.46. The summed E-state index contributed by atoms with van der Waals surface area (Å²) >= 11 is 0. The zero-order valence-electron chi connectivity index (χ0n) is 12.8. The van der Waals surface area contributed by atoms with Crippen molar-refractivity contribution in [2.24, 2.45) is 0 Å². The lowest BCUT2D eigenvalue weighted by molar-refractivity contribution is -0.144. The fourth-order valence-corrected chi connectivity index (χ4v) is 2.86. The second-order valence-corrected chi connectivity index (χ2v) is 5.52. The van der Waals surface area contributed by atoms with Gasteiger partial charge in [0.05, 0.1) is 12.5 Å². The molecule has 0 radical (unpaired) electrons. The van der Waals surface area contributed by atoms with Crippen molar-refractivity contribution >= 4 is 17.8 Å². The van der Waals surface area contributed by atoms with E-state index in [0.29, 0.717) is 6.54 Å². The van der Waals surface area contributed by atoms with Crippen LogP contribution in [0.2, 0.25) is 0 Å². The van der Waals surface area contributed by atoms with Crippen LogP contribution in [0, 0.1) is 0 Å². The minimum absolute atomic E-state index is 0.0757. The number of carbonyl (C=O) groups is 3. The summed E-state index contributed by atoms with van der Waals surface area (Å²) in [5, 5.41) is 8.78. The average molecular weight is 304 g/mol. The number of fused-ring (bicyclic) bond motifs is 1. The number of benzene rings is 1. The molecule has 1 atom stereocenters. The average Bonchev–Trinajstić information content (AvgIpc) is 2.46. The Morgan fingerprint density at radius 1 is 1.32 bits per heavy atom. The van der Waals surface area contributed by atoms with Crippen LogP contribution in [-0.2, 0) is 20.8 Å². The van der Waals surface area contributed by atoms with Gasteiger partial charge in [0.1, 0.15) is 6.54 Å². The lowest BCUT2D eigenvalue weighted by atomic mass is 9.90. The van der Waals surface area contributed by atoms with Gasteiger partial charge in [-0.3, -0.25) is 14.4 Å². The molecule has 118 valence electrons. The molecule has 2 amide bonds. The smallest absolute Gasteiger partial charge is 0.323 e. The number of aliphatic carboxylic acids is 1. The number of amides is 2. The summed E-state index contributed by atoms with van der Waals surface area (Å²) in [5.41, 5.74) is 2.11. The second-order valence-electron chi connectivity index (χ2n) is 5.52. The molecular formula is C16H20N2O4. The molecule has 1 aromatic rings. The van der Waals surface area contributed by atoms with Gasteiger partial charge < -0.3 is 14.9 Å². The fourth-order valence-electron chi connectivity index (χ4n) is 2.86. The second kappa shape index (κ2) is 6.60. The van der Waals surface area contributed by atoms with Crippen LogP contribution in [0.3, 0.4) is 0 Å². The highest BCUT2D eigenvalue weighted by molar-refractivity contribution is 5.82. The van der Waals surface area contributed by atoms with Crippen LogP contribution in [0.15, 0.2) is 24.3 Å². The van der Waals surface area contributed by atoms with Crippen LogP contribution >= 0.6 is 0 Å². The van der Waals surface area contributed by atoms with E-state index in [-0.39, 0.29) is 30.8 Å². The summed E-state index contributed by atoms with van der Waals surface area (Å²) in [6.07, 6.45) is 0.867. The molecule has 1 heterocycles. The zero-order chi connectivity index (χ0) is 16.3. The van der Waals surface area contributed by atoms with Gasteiger partial charge in [-0.25, -0.2) is 0 Å². The van der Waals surface area contributed by atoms with Gasteiger partial charge in [0.25, 0.3) is 0 Å². The summed E-state index contributed by atoms with van der Waals surface area (Å²) in [5.74, 6) is -1.41. The van der Waals surface area contributed by atoms with E-state index >= 15 is 0 Å². The van der Waals surface area contributed by atoms with E-state index in [9.17, 15) is 14.4 Å². The van der Waals surface area contributed by atoms with Gasteiger partial charge in [-0.1, -0.05) is 24.3 Å². The molecule has 22 heavy (non-hydrogen) atoms. The largest absolute Gasteiger partial charge is 0.480 e. The van der Waals surface area contributed by atoms with Crippen molar-refractivity contribution < 1.29 is 19.5 Å². The highest BCUT2D eigenvalue weighted by Crippen LogP contribution is 2.32. The van der Waals surface area contributed by atoms with Gasteiger partial charge in [0.2, 0.25) is 11.8 Å². The molecule has 0 bridgehead atoms. The first-order chi connectivity index (χ1) is 10.4. The van der Waals surface area contributed by atoms with Gasteiger partial charge in [0, 0.05) is 20.5 Å². The summed E-state index contributed by atoms with van der Waals surface area (Å²) in [4.78, 5) is 37.7. The number of carboxylic acid groups (broad SMARTS) is 1. The Hall–Kier alpha value is -2.37. The summed E-state index contributed by atoms with van der Waals surface area (Å²) in [6, 6.07) is 7.44. The Morgan fingerprint density at radius 2 is 2.00 bits per heavy atom. The standard InChI is InChI=1S/C16H20N2O4/c1-11(19)18-8-7-12-5-3-4-6-13(12)14(18)9-15(20)17(2)10-16(21)22/h3-6,14H,7-10H2,1-2H3,(H,21,22)/t14-/m0/s1. The Morgan fingerprint density at radius 3 is 2.64 bits per heavy atom. The highest BCUT2D eigenvalue weighted by Gasteiger charge is 2.31. The van der Waals surface area contributed by atoms with Crippen LogP contribution < -0.4 is 0 Å². The van der Waals surface area contributed by atoms with Gasteiger partial charge in [-0.05, 0) is 17.5 Å². The highest BCUT2D eigenvalue weighted by atomic mass is 16.4. The van der Waals surface area contributed by atoms with Gasteiger partial charge in [-0.15, -0.1) is 0 Å². The van der Waals surface area contributed by atoms with Gasteiger partial charge in [0.15, 0.2) is 0 Å². The number of likely N-dealkylation sites (N-methyl/N-ethyl adjacent to an activating group) is 1. The molecule has 0 aromatic heterocycles. The van der Waals surface area contributed by atoms with Crippen LogP contribution in [-0.4, -0.2) is 52.8 Å². The van der Waals surface area contributed by atoms with E-state index in [1.54, 1.807) is 4.90 Å². The van der Waals surface area contributed by atoms with Crippen molar-refractivity contribution in [3.8, 4) is 0 Å². The predicted octanol–water partition coefficient (Wildman–Crippen LogP) is 1.07. The Labute approximate surface area is 129 Å². The lowest BCUT2D eigenvalue weighted by Gasteiger charge is -2.37. The quantitative estimate of drug-likeness (QED) is 0.902. The van der Waals surface area contributed by atoms with Crippen molar-refractivity contribution in [1.82, 2.24) is 9.80 Å². The maximum atomic E-state index is 12.2. The van der Waals surface area contributed by atoms with Crippen molar-refractivity contribution in [3.63, 3.8) is 0 Å². The number of carboxylic acids is 1. The maximum absolute atomic E-state index is 12.2. The topological polar surface area (TPSA) is 77.9 Å². The van der Waals surface area contributed by atoms with Crippen molar-refractivity contribution in [2.75, 3.05) is 20.1 Å². The molecule has 2 rings (SSSR count). The maximum Gasteiger partial charge on any atom is 0.323 e. The summed E-state index contributed by atoms with van der Waals surface area (Å²) < 4.78 is 0. The van der Waals surface area contributed by atoms with Crippen LogP contribution in [0.1, 0.15) is 30.5 Å². The molecule has 0 spiro atoms. The molecule has 0 saturated heterocycles. The SMILES string of the molecule is CC(=O)N1CCc2ccccc2[C@@H]1CC(=O)N(C)CC(=O)O. The van der Waals surface area contributed by atoms with Gasteiger partial charge >= 0.3 is 5.97 Å². The molecule has 0 fully saturated rings. The first kappa shape index (κ1) is 16.0. The Kier molecular flexibility index (Phi) is 4.80. The minimum Gasteiger partial charge on any atom is -0.480 e. The number of carbonyl (C=O) groups excluding carboxylic acids is 2. The molecule has 0 saturated carbocycles. The molecule has 6 nitrogen and oxygen atoms in total. The molecule has 1 aliphatic heterocycles. The van der Waals surface area contributed by atoms with Crippen molar-refractivity contribution in [2.45, 2.75) is 25.8 Å². The lowest BCUT2D eigenvalue weighted by Crippen LogP contribution is -2.42. The van der Waals surface area contributed by atoms with E-state index in [1.165, 1.54) is 18.9 Å². The number of nitrogens with zero attached hydrogens (tertiary/aromatic N) is 2. The fraction of sp³-hybridized carbons (Fsp3) is 0.438. The molecule has 0 unspecified atom stereocenters.